The van der Waals surface area contributed by atoms with Gasteiger partial charge in [-0.05, 0) is 89.7 Å². The Morgan fingerprint density at radius 1 is 1.24 bits per heavy atom. The lowest BCUT2D eigenvalue weighted by Crippen LogP contribution is -2.33. The van der Waals surface area contributed by atoms with E-state index in [4.69, 9.17) is 21.6 Å². The average Bonchev–Trinajstić information content (AvgIpc) is 3.30. The van der Waals surface area contributed by atoms with E-state index in [0.717, 1.165) is 13.1 Å². The van der Waals surface area contributed by atoms with E-state index in [-0.39, 0.29) is 6.61 Å². The number of halogens is 1. The first-order chi connectivity index (χ1) is 15.8. The molecule has 1 fully saturated rings. The highest BCUT2D eigenvalue weighted by Crippen LogP contribution is 2.25. The van der Waals surface area contributed by atoms with Crippen LogP contribution in [0.3, 0.4) is 0 Å². The molecule has 0 bridgehead atoms. The first kappa shape index (κ1) is 29.0. The molecule has 1 atom stereocenters. The molecule has 0 spiro atoms. The van der Waals surface area contributed by atoms with Crippen molar-refractivity contribution >= 4 is 11.6 Å². The summed E-state index contributed by atoms with van der Waals surface area (Å²) < 4.78 is 5.50. The number of benzene rings is 1. The number of rotatable bonds is 10. The van der Waals surface area contributed by atoms with Crippen LogP contribution in [0.2, 0.25) is 5.02 Å². The molecule has 1 aromatic carbocycles. The van der Waals surface area contributed by atoms with Crippen molar-refractivity contribution < 1.29 is 9.84 Å². The van der Waals surface area contributed by atoms with Gasteiger partial charge in [-0.1, -0.05) is 54.8 Å². The van der Waals surface area contributed by atoms with Crippen molar-refractivity contribution in [1.82, 2.24) is 4.90 Å². The SMILES string of the molecule is C/C=C(CCCC)\C(C)=C/C=C(C)C.N#Cc1c(Cl)cccc1OCC(O)CN1CCCC1. The van der Waals surface area contributed by atoms with Gasteiger partial charge in [-0.15, -0.1) is 0 Å². The topological polar surface area (TPSA) is 56.5 Å². The molecule has 2 rings (SSSR count). The molecule has 0 amide bonds. The van der Waals surface area contributed by atoms with Crippen LogP contribution in [-0.2, 0) is 0 Å². The van der Waals surface area contributed by atoms with Crippen molar-refractivity contribution in [2.24, 2.45) is 0 Å². The Morgan fingerprint density at radius 2 is 1.94 bits per heavy atom. The number of nitriles is 1. The van der Waals surface area contributed by atoms with Crippen LogP contribution < -0.4 is 4.74 Å². The van der Waals surface area contributed by atoms with Crippen LogP contribution in [0.5, 0.6) is 5.75 Å². The molecule has 182 valence electrons. The minimum absolute atomic E-state index is 0.172. The summed E-state index contributed by atoms with van der Waals surface area (Å²) in [5, 5.41) is 19.3. The molecule has 0 aromatic heterocycles. The molecule has 0 aliphatic carbocycles. The summed E-state index contributed by atoms with van der Waals surface area (Å²) in [6.07, 6.45) is 12.3. The third kappa shape index (κ3) is 11.6. The van der Waals surface area contributed by atoms with Gasteiger partial charge in [0.2, 0.25) is 0 Å². The van der Waals surface area contributed by atoms with E-state index in [1.807, 2.05) is 6.07 Å². The minimum Gasteiger partial charge on any atom is -0.489 e. The van der Waals surface area contributed by atoms with Crippen LogP contribution in [0.25, 0.3) is 0 Å². The van der Waals surface area contributed by atoms with Crippen molar-refractivity contribution in [3.8, 4) is 11.8 Å². The second-order valence-corrected chi connectivity index (χ2v) is 9.12. The Hall–Kier alpha value is -2.06. The molecule has 1 aliphatic rings. The smallest absolute Gasteiger partial charge is 0.138 e. The van der Waals surface area contributed by atoms with Crippen molar-refractivity contribution in [2.75, 3.05) is 26.2 Å². The van der Waals surface area contributed by atoms with Gasteiger partial charge in [0.25, 0.3) is 0 Å². The Morgan fingerprint density at radius 3 is 2.52 bits per heavy atom. The number of unbranched alkanes of at least 4 members (excludes halogenated alkanes) is 1. The quantitative estimate of drug-likeness (QED) is 0.369. The predicted molar refractivity (Wildman–Crippen MR) is 140 cm³/mol. The highest BCUT2D eigenvalue weighted by atomic mass is 35.5. The van der Waals surface area contributed by atoms with Crippen molar-refractivity contribution in [1.29, 1.82) is 5.26 Å². The van der Waals surface area contributed by atoms with Crippen LogP contribution in [0, 0.1) is 11.3 Å². The predicted octanol–water partition coefficient (Wildman–Crippen LogP) is 7.08. The number of hydrogen-bond donors (Lipinski definition) is 1. The maximum absolute atomic E-state index is 9.92. The molecule has 1 N–H and O–H groups in total. The van der Waals surface area contributed by atoms with Crippen molar-refractivity contribution in [3.05, 3.63) is 63.7 Å². The molecule has 1 heterocycles. The fourth-order valence-electron chi connectivity index (χ4n) is 3.57. The van der Waals surface area contributed by atoms with Crippen molar-refractivity contribution in [2.45, 2.75) is 72.8 Å². The van der Waals surface area contributed by atoms with Gasteiger partial charge in [0.15, 0.2) is 0 Å². The van der Waals surface area contributed by atoms with Crippen LogP contribution in [0.4, 0.5) is 0 Å². The number of aliphatic hydroxyl groups is 1. The van der Waals surface area contributed by atoms with Gasteiger partial charge in [0, 0.05) is 6.54 Å². The zero-order valence-electron chi connectivity index (χ0n) is 21.0. The highest BCUT2D eigenvalue weighted by Gasteiger charge is 2.17. The van der Waals surface area contributed by atoms with E-state index in [1.165, 1.54) is 48.8 Å². The summed E-state index contributed by atoms with van der Waals surface area (Å²) in [6.45, 7) is 13.7. The molecular formula is C28H41ClN2O2. The van der Waals surface area contributed by atoms with Crippen molar-refractivity contribution in [3.63, 3.8) is 0 Å². The van der Waals surface area contributed by atoms with E-state index in [0.29, 0.717) is 22.9 Å². The van der Waals surface area contributed by atoms with Crippen LogP contribution in [0.15, 0.2) is 53.1 Å². The minimum atomic E-state index is -0.552. The number of nitrogens with zero attached hydrogens (tertiary/aromatic N) is 2. The third-order valence-electron chi connectivity index (χ3n) is 5.51. The van der Waals surface area contributed by atoms with Gasteiger partial charge in [0.05, 0.1) is 5.02 Å². The first-order valence-corrected chi connectivity index (χ1v) is 12.4. The summed E-state index contributed by atoms with van der Waals surface area (Å²) in [7, 11) is 0. The van der Waals surface area contributed by atoms with Gasteiger partial charge in [-0.3, -0.25) is 0 Å². The summed E-state index contributed by atoms with van der Waals surface area (Å²) in [6, 6.07) is 7.07. The molecule has 4 nitrogen and oxygen atoms in total. The normalized spacial score (nSPS) is 15.3. The van der Waals surface area contributed by atoms with Gasteiger partial charge >= 0.3 is 0 Å². The zero-order chi connectivity index (χ0) is 24.6. The van der Waals surface area contributed by atoms with Gasteiger partial charge in [-0.2, -0.15) is 5.26 Å². The monoisotopic (exact) mass is 472 g/mol. The summed E-state index contributed by atoms with van der Waals surface area (Å²) in [5.41, 5.74) is 4.57. The maximum Gasteiger partial charge on any atom is 0.138 e. The van der Waals surface area contributed by atoms with Gasteiger partial charge in [0.1, 0.15) is 30.1 Å². The van der Waals surface area contributed by atoms with E-state index >= 15 is 0 Å². The lowest BCUT2D eigenvalue weighted by atomic mass is 10.0. The van der Waals surface area contributed by atoms with E-state index in [1.54, 1.807) is 18.2 Å². The molecular weight excluding hydrogens is 432 g/mol. The average molecular weight is 473 g/mol. The summed E-state index contributed by atoms with van der Waals surface area (Å²) >= 11 is 5.91. The fourth-order valence-corrected chi connectivity index (χ4v) is 3.78. The van der Waals surface area contributed by atoms with Gasteiger partial charge < -0.3 is 14.7 Å². The molecule has 0 radical (unpaired) electrons. The first-order valence-electron chi connectivity index (χ1n) is 12.0. The molecule has 1 unspecified atom stereocenters. The Bertz CT molecular complexity index is 842. The lowest BCUT2D eigenvalue weighted by Gasteiger charge is -2.19. The molecule has 0 saturated carbocycles. The molecule has 5 heteroatoms. The largest absolute Gasteiger partial charge is 0.489 e. The number of ether oxygens (including phenoxy) is 1. The van der Waals surface area contributed by atoms with Crippen LogP contribution in [-0.4, -0.2) is 42.4 Å². The van der Waals surface area contributed by atoms with E-state index in [2.05, 4.69) is 57.7 Å². The number of allylic oxidation sites excluding steroid dienone is 6. The Kier molecular flexibility index (Phi) is 14.5. The second kappa shape index (κ2) is 16.5. The highest BCUT2D eigenvalue weighted by molar-refractivity contribution is 6.31. The van der Waals surface area contributed by atoms with Gasteiger partial charge in [-0.25, -0.2) is 0 Å². The van der Waals surface area contributed by atoms with Crippen LogP contribution >= 0.6 is 11.6 Å². The molecule has 1 saturated heterocycles. The maximum atomic E-state index is 9.92. The van der Waals surface area contributed by atoms with Crippen LogP contribution in [0.1, 0.15) is 72.3 Å². The standard InChI is InChI=1S/C14H17ClN2O2.C14H24/c15-13-4-3-5-14(12(13)8-16)19-10-11(18)9-17-6-1-2-7-17;1-6-8-9-14(7-2)13(5)11-10-12(3)4/h3-5,11,18H,1-2,6-7,9-10H2;7,10-11H,6,8-9H2,1-5H3/b;13-11-,14-7-. The molecule has 1 aliphatic heterocycles. The lowest BCUT2D eigenvalue weighted by molar-refractivity contribution is 0.0757. The number of likely N-dealkylation sites (tertiary alicyclic amines) is 1. The summed E-state index contributed by atoms with van der Waals surface area (Å²) in [5.74, 6) is 0.426. The third-order valence-corrected chi connectivity index (χ3v) is 5.82. The Labute approximate surface area is 206 Å². The van der Waals surface area contributed by atoms with E-state index < -0.39 is 6.10 Å². The second-order valence-electron chi connectivity index (χ2n) is 8.71. The number of aliphatic hydroxyl groups excluding tert-OH is 1. The molecule has 1 aromatic rings. The fraction of sp³-hybridized carbons (Fsp3) is 0.536. The summed E-state index contributed by atoms with van der Waals surface area (Å²) in [4.78, 5) is 2.22. The zero-order valence-corrected chi connectivity index (χ0v) is 21.8. The molecule has 33 heavy (non-hydrogen) atoms. The number of β-amino-alcohol motifs (C(OH)–C–C–N with tert-alkyl or cyclic N) is 1. The number of hydrogen-bond acceptors (Lipinski definition) is 4. The Balaban J connectivity index is 0.000000349. The van der Waals surface area contributed by atoms with E-state index in [9.17, 15) is 5.11 Å².